The molecular weight excluding hydrogens is 280 g/mol. The molecule has 0 fully saturated rings. The van der Waals surface area contributed by atoms with E-state index in [-0.39, 0.29) is 5.75 Å². The van der Waals surface area contributed by atoms with Gasteiger partial charge in [-0.1, -0.05) is 6.07 Å². The van der Waals surface area contributed by atoms with Crippen molar-refractivity contribution in [2.24, 2.45) is 0 Å². The van der Waals surface area contributed by atoms with E-state index < -0.39 is 10.0 Å². The summed E-state index contributed by atoms with van der Waals surface area (Å²) in [6.07, 6.45) is 0. The molecule has 114 valence electrons. The van der Waals surface area contributed by atoms with Gasteiger partial charge >= 0.3 is 0 Å². The summed E-state index contributed by atoms with van der Waals surface area (Å²) in [5, 5.41) is 3.08. The Morgan fingerprint density at radius 1 is 1.25 bits per heavy atom. The molecule has 2 N–H and O–H groups in total. The van der Waals surface area contributed by atoms with Gasteiger partial charge in [-0.3, -0.25) is 0 Å². The summed E-state index contributed by atoms with van der Waals surface area (Å²) in [5.74, 6) is 1.43. The molecule has 7 heteroatoms. The van der Waals surface area contributed by atoms with Crippen LogP contribution in [0.2, 0.25) is 0 Å². The van der Waals surface area contributed by atoms with Crippen molar-refractivity contribution in [3.63, 3.8) is 0 Å². The highest BCUT2D eigenvalue weighted by Gasteiger charge is 2.07. The number of ether oxygens (including phenoxy) is 2. The van der Waals surface area contributed by atoms with Crippen molar-refractivity contribution in [1.82, 2.24) is 10.0 Å². The largest absolute Gasteiger partial charge is 0.493 e. The van der Waals surface area contributed by atoms with E-state index in [1.807, 2.05) is 25.1 Å². The predicted molar refractivity (Wildman–Crippen MR) is 78.7 cm³/mol. The smallest absolute Gasteiger partial charge is 0.212 e. The highest BCUT2D eigenvalue weighted by molar-refractivity contribution is 7.89. The third-order valence-corrected chi connectivity index (χ3v) is 4.08. The molecule has 1 aromatic carbocycles. The standard InChI is InChI=1S/C13H22N2O4S/c1-4-19-12-6-5-11(9-13(12)18-3)10-15-7-8-20(16,17)14-2/h5-6,9,14-15H,4,7-8,10H2,1-3H3. The minimum atomic E-state index is -3.16. The second-order valence-electron chi connectivity index (χ2n) is 4.12. The Hall–Kier alpha value is -1.31. The summed E-state index contributed by atoms with van der Waals surface area (Å²) in [5.41, 5.74) is 1.01. The Labute approximate surface area is 120 Å². The molecule has 0 amide bonds. The molecule has 0 aromatic heterocycles. The van der Waals surface area contributed by atoms with Crippen molar-refractivity contribution in [3.8, 4) is 11.5 Å². The first-order valence-corrected chi connectivity index (χ1v) is 8.09. The van der Waals surface area contributed by atoms with E-state index in [0.29, 0.717) is 31.2 Å². The molecule has 0 heterocycles. The number of nitrogens with one attached hydrogen (secondary N) is 2. The van der Waals surface area contributed by atoms with Gasteiger partial charge in [0.1, 0.15) is 0 Å². The van der Waals surface area contributed by atoms with E-state index >= 15 is 0 Å². The third kappa shape index (κ3) is 5.36. The molecule has 0 spiro atoms. The number of hydrogen-bond acceptors (Lipinski definition) is 5. The van der Waals surface area contributed by atoms with Gasteiger partial charge in [0.25, 0.3) is 0 Å². The first kappa shape index (κ1) is 16.7. The van der Waals surface area contributed by atoms with Crippen LogP contribution in [0.15, 0.2) is 18.2 Å². The van der Waals surface area contributed by atoms with Gasteiger partial charge in [0.2, 0.25) is 10.0 Å². The molecule has 0 aliphatic carbocycles. The summed E-state index contributed by atoms with van der Waals surface area (Å²) in [6.45, 7) is 3.45. The summed E-state index contributed by atoms with van der Waals surface area (Å²) in [4.78, 5) is 0. The first-order chi connectivity index (χ1) is 9.52. The zero-order chi connectivity index (χ0) is 15.0. The van der Waals surface area contributed by atoms with Crippen molar-refractivity contribution in [2.45, 2.75) is 13.5 Å². The van der Waals surface area contributed by atoms with Crippen molar-refractivity contribution >= 4 is 10.0 Å². The Kier molecular flexibility index (Phi) is 6.77. The van der Waals surface area contributed by atoms with Gasteiger partial charge < -0.3 is 14.8 Å². The van der Waals surface area contributed by atoms with E-state index in [1.54, 1.807) is 7.11 Å². The van der Waals surface area contributed by atoms with Gasteiger partial charge in [-0.25, -0.2) is 13.1 Å². The zero-order valence-electron chi connectivity index (χ0n) is 12.1. The SMILES string of the molecule is CCOc1ccc(CNCCS(=O)(=O)NC)cc1OC. The van der Waals surface area contributed by atoms with Crippen molar-refractivity contribution in [2.75, 3.05) is 33.1 Å². The van der Waals surface area contributed by atoms with E-state index in [9.17, 15) is 8.42 Å². The molecule has 0 bridgehead atoms. The Morgan fingerprint density at radius 2 is 2.00 bits per heavy atom. The number of hydrogen-bond donors (Lipinski definition) is 2. The topological polar surface area (TPSA) is 76.7 Å². The number of sulfonamides is 1. The van der Waals surface area contributed by atoms with Gasteiger partial charge in [0, 0.05) is 13.1 Å². The van der Waals surface area contributed by atoms with Gasteiger partial charge in [-0.05, 0) is 31.7 Å². The molecule has 0 aliphatic rings. The molecule has 0 unspecified atom stereocenters. The first-order valence-electron chi connectivity index (χ1n) is 6.44. The Balaban J connectivity index is 2.52. The maximum Gasteiger partial charge on any atom is 0.212 e. The second-order valence-corrected chi connectivity index (χ2v) is 6.16. The second kappa shape index (κ2) is 8.08. The molecule has 0 atom stereocenters. The van der Waals surface area contributed by atoms with Crippen LogP contribution >= 0.6 is 0 Å². The molecule has 1 aromatic rings. The average Bonchev–Trinajstić information content (AvgIpc) is 2.45. The number of rotatable bonds is 9. The summed E-state index contributed by atoms with van der Waals surface area (Å²) < 4.78 is 35.4. The summed E-state index contributed by atoms with van der Waals surface area (Å²) >= 11 is 0. The molecule has 6 nitrogen and oxygen atoms in total. The molecule has 0 saturated carbocycles. The van der Waals surface area contributed by atoms with Crippen LogP contribution in [0.1, 0.15) is 12.5 Å². The van der Waals surface area contributed by atoms with Crippen LogP contribution in [0.4, 0.5) is 0 Å². The van der Waals surface area contributed by atoms with Crippen LogP contribution in [-0.4, -0.2) is 41.5 Å². The van der Waals surface area contributed by atoms with E-state index in [2.05, 4.69) is 10.0 Å². The van der Waals surface area contributed by atoms with Gasteiger partial charge in [-0.2, -0.15) is 0 Å². The van der Waals surface area contributed by atoms with E-state index in [4.69, 9.17) is 9.47 Å². The zero-order valence-corrected chi connectivity index (χ0v) is 12.9. The van der Waals surface area contributed by atoms with Crippen LogP contribution in [0, 0.1) is 0 Å². The molecule has 20 heavy (non-hydrogen) atoms. The normalized spacial score (nSPS) is 11.3. The van der Waals surface area contributed by atoms with E-state index in [1.165, 1.54) is 7.05 Å². The minimum Gasteiger partial charge on any atom is -0.493 e. The Morgan fingerprint density at radius 3 is 2.60 bits per heavy atom. The lowest BCUT2D eigenvalue weighted by molar-refractivity contribution is 0.310. The lowest BCUT2D eigenvalue weighted by Crippen LogP contribution is -2.29. The van der Waals surface area contributed by atoms with Crippen molar-refractivity contribution in [1.29, 1.82) is 0 Å². The highest BCUT2D eigenvalue weighted by atomic mass is 32.2. The lowest BCUT2D eigenvalue weighted by Gasteiger charge is -2.11. The maximum absolute atomic E-state index is 11.2. The van der Waals surface area contributed by atoms with E-state index in [0.717, 1.165) is 5.56 Å². The van der Waals surface area contributed by atoms with Crippen molar-refractivity contribution in [3.05, 3.63) is 23.8 Å². The molecule has 0 radical (unpaired) electrons. The van der Waals surface area contributed by atoms with Gasteiger partial charge in [0.05, 0.1) is 19.5 Å². The minimum absolute atomic E-state index is 0.0532. The quantitative estimate of drug-likeness (QED) is 0.658. The lowest BCUT2D eigenvalue weighted by atomic mass is 10.2. The maximum atomic E-state index is 11.2. The van der Waals surface area contributed by atoms with Crippen LogP contribution < -0.4 is 19.5 Å². The monoisotopic (exact) mass is 302 g/mol. The summed E-state index contributed by atoms with van der Waals surface area (Å²) in [7, 11) is -0.157. The molecule has 0 saturated heterocycles. The highest BCUT2D eigenvalue weighted by Crippen LogP contribution is 2.27. The number of benzene rings is 1. The summed E-state index contributed by atoms with van der Waals surface area (Å²) in [6, 6.07) is 5.65. The fourth-order valence-electron chi connectivity index (χ4n) is 1.64. The Bertz CT molecular complexity index is 517. The van der Waals surface area contributed by atoms with Crippen LogP contribution in [0.3, 0.4) is 0 Å². The molecular formula is C13H22N2O4S. The molecule has 0 aliphatic heterocycles. The van der Waals surface area contributed by atoms with Crippen molar-refractivity contribution < 1.29 is 17.9 Å². The fourth-order valence-corrected chi connectivity index (χ4v) is 2.26. The predicted octanol–water partition coefficient (Wildman–Crippen LogP) is 0.733. The third-order valence-electron chi connectivity index (χ3n) is 2.72. The van der Waals surface area contributed by atoms with Crippen LogP contribution in [0.25, 0.3) is 0 Å². The average molecular weight is 302 g/mol. The van der Waals surface area contributed by atoms with Crippen LogP contribution in [-0.2, 0) is 16.6 Å². The van der Waals surface area contributed by atoms with Gasteiger partial charge in [-0.15, -0.1) is 0 Å². The van der Waals surface area contributed by atoms with Gasteiger partial charge in [0.15, 0.2) is 11.5 Å². The van der Waals surface area contributed by atoms with Crippen LogP contribution in [0.5, 0.6) is 11.5 Å². The number of methoxy groups -OCH3 is 1. The molecule has 1 rings (SSSR count). The fraction of sp³-hybridized carbons (Fsp3) is 0.538.